The number of nitrogens with zero attached hydrogens (tertiary/aromatic N) is 3. The quantitative estimate of drug-likeness (QED) is 0.768. The number of rotatable bonds is 4. The average molecular weight is 366 g/mol. The lowest BCUT2D eigenvalue weighted by atomic mass is 10.1. The van der Waals surface area contributed by atoms with Gasteiger partial charge in [0.25, 0.3) is 5.56 Å². The predicted molar refractivity (Wildman–Crippen MR) is 98.9 cm³/mol. The molecule has 6 nitrogen and oxygen atoms in total. The third-order valence-electron chi connectivity index (χ3n) is 4.70. The van der Waals surface area contributed by atoms with Crippen LogP contribution in [0.25, 0.3) is 11.4 Å². The number of hydrogen-bond donors (Lipinski definition) is 1. The maximum atomic E-state index is 13.6. The summed E-state index contributed by atoms with van der Waals surface area (Å²) in [5.74, 6) is 0.392. The van der Waals surface area contributed by atoms with Gasteiger partial charge in [0.15, 0.2) is 11.6 Å². The standard InChI is InChI=1S/C20H19FN4O2/c1-27-18-9-13(4-5-16(18)21)11-25-8-6-17-15(12-25)20(26)24-19(23-17)14-3-2-7-22-10-14/h2-5,7,9-10H,6,8,11-12H2,1H3,(H,23,24,26). The highest BCUT2D eigenvalue weighted by Gasteiger charge is 2.22. The third kappa shape index (κ3) is 3.59. The van der Waals surface area contributed by atoms with Crippen LogP contribution in [0.4, 0.5) is 4.39 Å². The molecule has 0 saturated heterocycles. The topological polar surface area (TPSA) is 71.1 Å². The molecule has 2 aromatic heterocycles. The van der Waals surface area contributed by atoms with Gasteiger partial charge in [0.2, 0.25) is 0 Å². The number of H-pyrrole nitrogens is 1. The molecule has 1 aliphatic heterocycles. The maximum absolute atomic E-state index is 13.6. The predicted octanol–water partition coefficient (Wildman–Crippen LogP) is 2.54. The van der Waals surface area contributed by atoms with E-state index in [1.165, 1.54) is 13.2 Å². The van der Waals surface area contributed by atoms with Crippen LogP contribution in [0.5, 0.6) is 5.75 Å². The van der Waals surface area contributed by atoms with Crippen molar-refractivity contribution < 1.29 is 9.13 Å². The van der Waals surface area contributed by atoms with Crippen LogP contribution in [-0.4, -0.2) is 33.5 Å². The van der Waals surface area contributed by atoms with Gasteiger partial charge in [0, 0.05) is 44.0 Å². The molecular weight excluding hydrogens is 347 g/mol. The normalized spacial score (nSPS) is 14.0. The van der Waals surface area contributed by atoms with Gasteiger partial charge < -0.3 is 9.72 Å². The molecule has 0 unspecified atom stereocenters. The lowest BCUT2D eigenvalue weighted by Gasteiger charge is -2.27. The van der Waals surface area contributed by atoms with Crippen LogP contribution in [-0.2, 0) is 19.5 Å². The molecule has 0 saturated carbocycles. The van der Waals surface area contributed by atoms with E-state index in [-0.39, 0.29) is 17.1 Å². The van der Waals surface area contributed by atoms with Crippen LogP contribution in [0.2, 0.25) is 0 Å². The van der Waals surface area contributed by atoms with Crippen molar-refractivity contribution in [3.63, 3.8) is 0 Å². The molecular formula is C20H19FN4O2. The Morgan fingerprint density at radius 1 is 1.33 bits per heavy atom. The summed E-state index contributed by atoms with van der Waals surface area (Å²) in [6.07, 6.45) is 4.05. The molecule has 0 fully saturated rings. The van der Waals surface area contributed by atoms with Crippen molar-refractivity contribution in [1.82, 2.24) is 19.9 Å². The fourth-order valence-corrected chi connectivity index (χ4v) is 3.32. The first-order valence-corrected chi connectivity index (χ1v) is 8.71. The molecule has 0 radical (unpaired) electrons. The van der Waals surface area contributed by atoms with E-state index in [0.717, 1.165) is 23.4 Å². The zero-order valence-corrected chi connectivity index (χ0v) is 14.9. The van der Waals surface area contributed by atoms with E-state index in [4.69, 9.17) is 4.74 Å². The number of aromatic nitrogens is 3. The van der Waals surface area contributed by atoms with Crippen LogP contribution in [0.1, 0.15) is 16.8 Å². The van der Waals surface area contributed by atoms with Gasteiger partial charge in [-0.15, -0.1) is 0 Å². The SMILES string of the molecule is COc1cc(CN2CCc3nc(-c4cccnc4)[nH]c(=O)c3C2)ccc1F. The molecule has 3 aromatic rings. The zero-order valence-electron chi connectivity index (χ0n) is 14.9. The van der Waals surface area contributed by atoms with Crippen molar-refractivity contribution in [2.75, 3.05) is 13.7 Å². The van der Waals surface area contributed by atoms with Crippen LogP contribution < -0.4 is 10.3 Å². The Morgan fingerprint density at radius 2 is 2.22 bits per heavy atom. The fourth-order valence-electron chi connectivity index (χ4n) is 3.32. The molecule has 7 heteroatoms. The van der Waals surface area contributed by atoms with E-state index < -0.39 is 0 Å². The molecule has 0 aliphatic carbocycles. The van der Waals surface area contributed by atoms with E-state index in [2.05, 4.69) is 19.9 Å². The molecule has 0 atom stereocenters. The number of aromatic amines is 1. The van der Waals surface area contributed by atoms with Crippen LogP contribution in [0.3, 0.4) is 0 Å². The van der Waals surface area contributed by atoms with Gasteiger partial charge in [-0.1, -0.05) is 6.07 Å². The van der Waals surface area contributed by atoms with Crippen molar-refractivity contribution in [3.05, 3.63) is 75.7 Å². The molecule has 1 aliphatic rings. The van der Waals surface area contributed by atoms with E-state index in [1.54, 1.807) is 24.5 Å². The summed E-state index contributed by atoms with van der Waals surface area (Å²) >= 11 is 0. The largest absolute Gasteiger partial charge is 0.494 e. The lowest BCUT2D eigenvalue weighted by molar-refractivity contribution is 0.241. The van der Waals surface area contributed by atoms with Gasteiger partial charge in [0.05, 0.1) is 18.4 Å². The summed E-state index contributed by atoms with van der Waals surface area (Å²) < 4.78 is 18.6. The summed E-state index contributed by atoms with van der Waals surface area (Å²) in [4.78, 5) is 26.3. The van der Waals surface area contributed by atoms with Gasteiger partial charge in [-0.3, -0.25) is 14.7 Å². The Hall–Kier alpha value is -3.06. The molecule has 1 N–H and O–H groups in total. The van der Waals surface area contributed by atoms with Crippen molar-refractivity contribution in [1.29, 1.82) is 0 Å². The highest BCUT2D eigenvalue weighted by Crippen LogP contribution is 2.22. The summed E-state index contributed by atoms with van der Waals surface area (Å²) in [5.41, 5.74) is 3.11. The van der Waals surface area contributed by atoms with Gasteiger partial charge >= 0.3 is 0 Å². The molecule has 4 rings (SSSR count). The van der Waals surface area contributed by atoms with Crippen LogP contribution in [0.15, 0.2) is 47.5 Å². The summed E-state index contributed by atoms with van der Waals surface area (Å²) in [7, 11) is 1.45. The summed E-state index contributed by atoms with van der Waals surface area (Å²) in [6.45, 7) is 1.89. The molecule has 1 aromatic carbocycles. The van der Waals surface area contributed by atoms with Crippen molar-refractivity contribution >= 4 is 0 Å². The van der Waals surface area contributed by atoms with Crippen molar-refractivity contribution in [3.8, 4) is 17.1 Å². The smallest absolute Gasteiger partial charge is 0.255 e. The Labute approximate surface area is 155 Å². The molecule has 0 spiro atoms. The van der Waals surface area contributed by atoms with Gasteiger partial charge in [-0.25, -0.2) is 9.37 Å². The van der Waals surface area contributed by atoms with E-state index in [0.29, 0.717) is 30.9 Å². The number of ether oxygens (including phenoxy) is 1. The van der Waals surface area contributed by atoms with Gasteiger partial charge in [-0.05, 0) is 29.8 Å². The molecule has 3 heterocycles. The fraction of sp³-hybridized carbons (Fsp3) is 0.250. The molecule has 138 valence electrons. The summed E-state index contributed by atoms with van der Waals surface area (Å²) in [6, 6.07) is 8.52. The second kappa shape index (κ2) is 7.28. The first-order valence-electron chi connectivity index (χ1n) is 8.71. The minimum absolute atomic E-state index is 0.125. The highest BCUT2D eigenvalue weighted by atomic mass is 19.1. The summed E-state index contributed by atoms with van der Waals surface area (Å²) in [5, 5.41) is 0. The second-order valence-corrected chi connectivity index (χ2v) is 6.51. The van der Waals surface area contributed by atoms with E-state index >= 15 is 0 Å². The Morgan fingerprint density at radius 3 is 3.00 bits per heavy atom. The number of benzene rings is 1. The van der Waals surface area contributed by atoms with Crippen LogP contribution in [0, 0.1) is 5.82 Å². The Bertz CT molecular complexity index is 1020. The number of hydrogen-bond acceptors (Lipinski definition) is 5. The second-order valence-electron chi connectivity index (χ2n) is 6.51. The number of pyridine rings is 1. The van der Waals surface area contributed by atoms with Crippen molar-refractivity contribution in [2.24, 2.45) is 0 Å². The third-order valence-corrected chi connectivity index (χ3v) is 4.70. The lowest BCUT2D eigenvalue weighted by Crippen LogP contribution is -2.35. The number of methoxy groups -OCH3 is 1. The number of halogens is 1. The average Bonchev–Trinajstić information content (AvgIpc) is 2.70. The van der Waals surface area contributed by atoms with Crippen molar-refractivity contribution in [2.45, 2.75) is 19.5 Å². The first kappa shape index (κ1) is 17.4. The Kier molecular flexibility index (Phi) is 4.68. The van der Waals surface area contributed by atoms with Crippen LogP contribution >= 0.6 is 0 Å². The van der Waals surface area contributed by atoms with E-state index in [1.807, 2.05) is 12.1 Å². The molecule has 0 amide bonds. The number of fused-ring (bicyclic) bond motifs is 1. The van der Waals surface area contributed by atoms with E-state index in [9.17, 15) is 9.18 Å². The maximum Gasteiger partial charge on any atom is 0.255 e. The van der Waals surface area contributed by atoms with Gasteiger partial charge in [-0.2, -0.15) is 0 Å². The highest BCUT2D eigenvalue weighted by molar-refractivity contribution is 5.53. The first-order chi connectivity index (χ1) is 13.1. The zero-order chi connectivity index (χ0) is 18.8. The minimum Gasteiger partial charge on any atom is -0.494 e. The minimum atomic E-state index is -0.381. The van der Waals surface area contributed by atoms with Gasteiger partial charge in [0.1, 0.15) is 5.82 Å². The number of nitrogens with one attached hydrogen (secondary N) is 1. The Balaban J connectivity index is 1.56. The molecule has 27 heavy (non-hydrogen) atoms. The molecule has 0 bridgehead atoms. The monoisotopic (exact) mass is 366 g/mol.